The van der Waals surface area contributed by atoms with Crippen molar-refractivity contribution in [2.75, 3.05) is 7.11 Å². The second kappa shape index (κ2) is 6.78. The molecule has 0 saturated carbocycles. The second-order valence-corrected chi connectivity index (χ2v) is 5.40. The molecule has 0 heterocycles. The standard InChI is InChI=1S/C17H19ClO2/c1-12-9-14(11-15(18)10-12)17(19)8-5-13-3-6-16(20-2)7-4-13/h3-4,6-7,9-11,17,19H,5,8H2,1-2H3. The summed E-state index contributed by atoms with van der Waals surface area (Å²) in [5.74, 6) is 0.847. The quantitative estimate of drug-likeness (QED) is 0.888. The molecule has 0 bridgehead atoms. The minimum atomic E-state index is -0.491. The average molecular weight is 291 g/mol. The number of aliphatic hydroxyl groups is 1. The molecule has 1 atom stereocenters. The SMILES string of the molecule is COc1ccc(CCC(O)c2cc(C)cc(Cl)c2)cc1. The van der Waals surface area contributed by atoms with Crippen LogP contribution in [-0.2, 0) is 6.42 Å². The first-order chi connectivity index (χ1) is 9.58. The third-order valence-corrected chi connectivity index (χ3v) is 3.53. The number of hydrogen-bond acceptors (Lipinski definition) is 2. The maximum atomic E-state index is 10.2. The van der Waals surface area contributed by atoms with Crippen molar-refractivity contribution in [3.05, 3.63) is 64.2 Å². The van der Waals surface area contributed by atoms with Gasteiger partial charge >= 0.3 is 0 Å². The number of aliphatic hydroxyl groups excluding tert-OH is 1. The number of methoxy groups -OCH3 is 1. The minimum Gasteiger partial charge on any atom is -0.497 e. The largest absolute Gasteiger partial charge is 0.497 e. The van der Waals surface area contributed by atoms with Crippen LogP contribution in [0, 0.1) is 6.92 Å². The molecule has 3 heteroatoms. The molecule has 2 aromatic rings. The monoisotopic (exact) mass is 290 g/mol. The Bertz CT molecular complexity index is 543. The van der Waals surface area contributed by atoms with Gasteiger partial charge in [-0.3, -0.25) is 0 Å². The van der Waals surface area contributed by atoms with Gasteiger partial charge in [-0.25, -0.2) is 0 Å². The molecular weight excluding hydrogens is 272 g/mol. The Balaban J connectivity index is 1.98. The van der Waals surface area contributed by atoms with Gasteiger partial charge in [0, 0.05) is 5.02 Å². The van der Waals surface area contributed by atoms with Gasteiger partial charge in [0.15, 0.2) is 0 Å². The zero-order valence-corrected chi connectivity index (χ0v) is 12.5. The fraction of sp³-hybridized carbons (Fsp3) is 0.294. The highest BCUT2D eigenvalue weighted by Crippen LogP contribution is 2.24. The molecule has 1 N–H and O–H groups in total. The fourth-order valence-electron chi connectivity index (χ4n) is 2.22. The van der Waals surface area contributed by atoms with Crippen LogP contribution in [0.25, 0.3) is 0 Å². The van der Waals surface area contributed by atoms with E-state index < -0.39 is 6.10 Å². The van der Waals surface area contributed by atoms with Crippen LogP contribution in [0.5, 0.6) is 5.75 Å². The topological polar surface area (TPSA) is 29.5 Å². The van der Waals surface area contributed by atoms with Gasteiger partial charge in [-0.05, 0) is 60.7 Å². The summed E-state index contributed by atoms with van der Waals surface area (Å²) < 4.78 is 5.13. The average Bonchev–Trinajstić information content (AvgIpc) is 2.44. The molecule has 2 rings (SSSR count). The van der Waals surface area contributed by atoms with Crippen LogP contribution in [0.3, 0.4) is 0 Å². The van der Waals surface area contributed by atoms with E-state index in [1.807, 2.05) is 49.4 Å². The van der Waals surface area contributed by atoms with Crippen LogP contribution in [0.4, 0.5) is 0 Å². The Morgan fingerprint density at radius 2 is 1.85 bits per heavy atom. The lowest BCUT2D eigenvalue weighted by molar-refractivity contribution is 0.168. The van der Waals surface area contributed by atoms with E-state index in [-0.39, 0.29) is 0 Å². The fourth-order valence-corrected chi connectivity index (χ4v) is 2.52. The molecule has 0 spiro atoms. The molecule has 0 aliphatic carbocycles. The van der Waals surface area contributed by atoms with Crippen molar-refractivity contribution in [1.29, 1.82) is 0 Å². The van der Waals surface area contributed by atoms with E-state index >= 15 is 0 Å². The Hall–Kier alpha value is -1.51. The Morgan fingerprint density at radius 3 is 2.45 bits per heavy atom. The van der Waals surface area contributed by atoms with Crippen LogP contribution in [0.2, 0.25) is 5.02 Å². The first-order valence-electron chi connectivity index (χ1n) is 6.66. The van der Waals surface area contributed by atoms with E-state index in [9.17, 15) is 5.11 Å². The summed E-state index contributed by atoms with van der Waals surface area (Å²) in [7, 11) is 1.65. The van der Waals surface area contributed by atoms with Crippen molar-refractivity contribution in [2.24, 2.45) is 0 Å². The van der Waals surface area contributed by atoms with E-state index in [0.717, 1.165) is 23.3 Å². The summed E-state index contributed by atoms with van der Waals surface area (Å²) in [6.45, 7) is 1.98. The lowest BCUT2D eigenvalue weighted by Crippen LogP contribution is -2.00. The van der Waals surface area contributed by atoms with E-state index in [0.29, 0.717) is 11.4 Å². The van der Waals surface area contributed by atoms with Gasteiger partial charge in [-0.2, -0.15) is 0 Å². The zero-order valence-electron chi connectivity index (χ0n) is 11.8. The van der Waals surface area contributed by atoms with Gasteiger partial charge in [0.1, 0.15) is 5.75 Å². The highest BCUT2D eigenvalue weighted by molar-refractivity contribution is 6.30. The van der Waals surface area contributed by atoms with Crippen molar-refractivity contribution in [2.45, 2.75) is 25.9 Å². The Morgan fingerprint density at radius 1 is 1.15 bits per heavy atom. The van der Waals surface area contributed by atoms with Crippen LogP contribution < -0.4 is 4.74 Å². The zero-order chi connectivity index (χ0) is 14.5. The maximum absolute atomic E-state index is 10.2. The molecule has 2 nitrogen and oxygen atoms in total. The number of hydrogen-bond donors (Lipinski definition) is 1. The third kappa shape index (κ3) is 3.99. The maximum Gasteiger partial charge on any atom is 0.118 e. The molecule has 0 aromatic heterocycles. The Kier molecular flexibility index (Phi) is 5.05. The lowest BCUT2D eigenvalue weighted by Gasteiger charge is -2.12. The molecule has 0 amide bonds. The van der Waals surface area contributed by atoms with Gasteiger partial charge in [-0.15, -0.1) is 0 Å². The van der Waals surface area contributed by atoms with Crippen molar-refractivity contribution in [1.82, 2.24) is 0 Å². The van der Waals surface area contributed by atoms with E-state index in [4.69, 9.17) is 16.3 Å². The second-order valence-electron chi connectivity index (χ2n) is 4.96. The molecule has 20 heavy (non-hydrogen) atoms. The van der Waals surface area contributed by atoms with Crippen molar-refractivity contribution >= 4 is 11.6 Å². The summed E-state index contributed by atoms with van der Waals surface area (Å²) in [5, 5.41) is 10.9. The first-order valence-corrected chi connectivity index (χ1v) is 7.04. The summed E-state index contributed by atoms with van der Waals surface area (Å²) >= 11 is 6.02. The number of aryl methyl sites for hydroxylation is 2. The van der Waals surface area contributed by atoms with Crippen molar-refractivity contribution < 1.29 is 9.84 Å². The highest BCUT2D eigenvalue weighted by Gasteiger charge is 2.09. The first kappa shape index (κ1) is 14.9. The van der Waals surface area contributed by atoms with Crippen LogP contribution in [-0.4, -0.2) is 12.2 Å². The van der Waals surface area contributed by atoms with Gasteiger partial charge in [0.05, 0.1) is 13.2 Å². The predicted molar refractivity (Wildman–Crippen MR) is 82.5 cm³/mol. The van der Waals surface area contributed by atoms with Gasteiger partial charge < -0.3 is 9.84 Å². The van der Waals surface area contributed by atoms with Crippen molar-refractivity contribution in [3.8, 4) is 5.75 Å². The molecule has 0 saturated heterocycles. The van der Waals surface area contributed by atoms with Gasteiger partial charge in [0.25, 0.3) is 0 Å². The van der Waals surface area contributed by atoms with Crippen LogP contribution in [0.1, 0.15) is 29.2 Å². The molecule has 2 aromatic carbocycles. The minimum absolute atomic E-state index is 0.491. The molecule has 0 fully saturated rings. The third-order valence-electron chi connectivity index (χ3n) is 3.31. The molecule has 0 radical (unpaired) electrons. The number of benzene rings is 2. The normalized spacial score (nSPS) is 12.2. The summed E-state index contributed by atoms with van der Waals surface area (Å²) in [4.78, 5) is 0. The highest BCUT2D eigenvalue weighted by atomic mass is 35.5. The summed E-state index contributed by atoms with van der Waals surface area (Å²) in [6, 6.07) is 13.6. The summed E-state index contributed by atoms with van der Waals surface area (Å²) in [5.41, 5.74) is 3.13. The van der Waals surface area contributed by atoms with E-state index in [1.54, 1.807) is 7.11 Å². The Labute approximate surface area is 125 Å². The molecule has 0 aliphatic heterocycles. The smallest absolute Gasteiger partial charge is 0.118 e. The summed E-state index contributed by atoms with van der Waals surface area (Å²) in [6.07, 6.45) is 0.998. The number of rotatable bonds is 5. The van der Waals surface area contributed by atoms with Crippen LogP contribution >= 0.6 is 11.6 Å². The predicted octanol–water partition coefficient (Wildman–Crippen LogP) is 4.32. The molecule has 1 unspecified atom stereocenters. The van der Waals surface area contributed by atoms with Gasteiger partial charge in [0.2, 0.25) is 0 Å². The van der Waals surface area contributed by atoms with Crippen LogP contribution in [0.15, 0.2) is 42.5 Å². The van der Waals surface area contributed by atoms with Crippen molar-refractivity contribution in [3.63, 3.8) is 0 Å². The molecular formula is C17H19ClO2. The molecule has 0 aliphatic rings. The number of ether oxygens (including phenoxy) is 1. The number of halogens is 1. The van der Waals surface area contributed by atoms with E-state index in [1.165, 1.54) is 5.56 Å². The molecule has 106 valence electrons. The van der Waals surface area contributed by atoms with Gasteiger partial charge in [-0.1, -0.05) is 29.8 Å². The van der Waals surface area contributed by atoms with E-state index in [2.05, 4.69) is 0 Å². The lowest BCUT2D eigenvalue weighted by atomic mass is 10.00.